The molecule has 7 heavy (non-hydrogen) atoms. The number of aliphatic hydroxyl groups is 1. The lowest BCUT2D eigenvalue weighted by molar-refractivity contribution is -0.106. The molecule has 1 N–H and O–H groups in total. The van der Waals surface area contributed by atoms with Crippen molar-refractivity contribution in [3.8, 4) is 0 Å². The van der Waals surface area contributed by atoms with Gasteiger partial charge in [0.05, 0.1) is 6.61 Å². The Balaban J connectivity index is 2.33. The lowest BCUT2D eigenvalue weighted by atomic mass is 10.3. The third-order valence-electron chi connectivity index (χ3n) is 1.09. The van der Waals surface area contributed by atoms with Crippen LogP contribution in [0.15, 0.2) is 0 Å². The Labute approximate surface area is 43.3 Å². The molecule has 4 heteroatoms. The first-order valence-electron chi connectivity index (χ1n) is 2.30. The second-order valence-corrected chi connectivity index (χ2v) is 1.68. The van der Waals surface area contributed by atoms with Gasteiger partial charge in [0.1, 0.15) is 0 Å². The molecule has 0 radical (unpaired) electrons. The summed E-state index contributed by atoms with van der Waals surface area (Å²) in [5.74, 6) is 0. The van der Waals surface area contributed by atoms with Crippen molar-refractivity contribution in [1.82, 2.24) is 4.81 Å². The number of ether oxygens (including phenoxy) is 1. The highest BCUT2D eigenvalue weighted by molar-refractivity contribution is 6.04. The minimum absolute atomic E-state index is 0.650. The molecule has 0 aliphatic carbocycles. The molecule has 1 aliphatic heterocycles. The summed E-state index contributed by atoms with van der Waals surface area (Å²) in [4.78, 5) is 1.74. The fourth-order valence-corrected chi connectivity index (χ4v) is 0.540. The zero-order valence-electron chi connectivity index (χ0n) is 4.29. The minimum Gasteiger partial charge on any atom is -0.356 e. The third-order valence-corrected chi connectivity index (χ3v) is 1.09. The van der Waals surface area contributed by atoms with Crippen LogP contribution in [0, 0.1) is 0 Å². The van der Waals surface area contributed by atoms with Crippen molar-refractivity contribution in [1.29, 1.82) is 0 Å². The van der Waals surface area contributed by atoms with Gasteiger partial charge in [-0.1, -0.05) is 0 Å². The van der Waals surface area contributed by atoms with E-state index >= 15 is 0 Å². The molecule has 0 amide bonds. The molecule has 0 spiro atoms. The fourth-order valence-electron chi connectivity index (χ4n) is 0.540. The molecule has 40 valence electrons. The van der Waals surface area contributed by atoms with Crippen molar-refractivity contribution in [2.45, 2.75) is 6.41 Å². The normalized spacial score (nSPS) is 34.1. The van der Waals surface area contributed by atoms with E-state index < -0.39 is 6.41 Å². The van der Waals surface area contributed by atoms with E-state index in [1.807, 2.05) is 7.98 Å². The Kier molecular flexibility index (Phi) is 1.32. The summed E-state index contributed by atoms with van der Waals surface area (Å²) in [7, 11) is 1.82. The molecule has 1 unspecified atom stereocenters. The molecule has 1 atom stereocenters. The average Bonchev–Trinajstić information content (AvgIpc) is 1.91. The summed E-state index contributed by atoms with van der Waals surface area (Å²) in [6.07, 6.45) is -0.653. The first kappa shape index (κ1) is 5.09. The second kappa shape index (κ2) is 1.82. The van der Waals surface area contributed by atoms with Crippen LogP contribution in [-0.4, -0.2) is 37.5 Å². The predicted octanol–water partition coefficient (Wildman–Crippen LogP) is -1.86. The van der Waals surface area contributed by atoms with Crippen molar-refractivity contribution < 1.29 is 9.84 Å². The van der Waals surface area contributed by atoms with Gasteiger partial charge in [0, 0.05) is 6.54 Å². The maximum Gasteiger partial charge on any atom is 0.205 e. The average molecular weight is 101 g/mol. The van der Waals surface area contributed by atoms with Crippen LogP contribution in [0.25, 0.3) is 0 Å². The van der Waals surface area contributed by atoms with Crippen molar-refractivity contribution >= 4 is 7.98 Å². The quantitative estimate of drug-likeness (QED) is 0.363. The highest BCUT2D eigenvalue weighted by Gasteiger charge is 2.16. The molecule has 1 aliphatic rings. The largest absolute Gasteiger partial charge is 0.356 e. The Morgan fingerprint density at radius 2 is 2.57 bits per heavy atom. The van der Waals surface area contributed by atoms with Gasteiger partial charge in [0.2, 0.25) is 6.41 Å². The molecule has 0 aromatic heterocycles. The molecule has 0 aromatic carbocycles. The third kappa shape index (κ3) is 0.935. The standard InChI is InChI=1S/C3H8BNO2/c4-5-1-2-7-3(5)6/h3,6H,1-2,4H2. The molecule has 1 fully saturated rings. The van der Waals surface area contributed by atoms with Crippen LogP contribution >= 0.6 is 0 Å². The van der Waals surface area contributed by atoms with Gasteiger partial charge < -0.3 is 14.7 Å². The van der Waals surface area contributed by atoms with E-state index in [1.165, 1.54) is 0 Å². The van der Waals surface area contributed by atoms with Gasteiger partial charge >= 0.3 is 0 Å². The first-order chi connectivity index (χ1) is 3.30. The SMILES string of the molecule is BN1CCOC1O. The number of hydrogen-bond acceptors (Lipinski definition) is 3. The van der Waals surface area contributed by atoms with Gasteiger partial charge in [-0.2, -0.15) is 0 Å². The molecular weight excluding hydrogens is 92.8 g/mol. The lowest BCUT2D eigenvalue weighted by Crippen LogP contribution is -2.26. The summed E-state index contributed by atoms with van der Waals surface area (Å²) in [5, 5.41) is 8.70. The van der Waals surface area contributed by atoms with Gasteiger partial charge in [-0.05, 0) is 0 Å². The maximum atomic E-state index is 8.70. The van der Waals surface area contributed by atoms with Crippen molar-refractivity contribution in [2.75, 3.05) is 13.2 Å². The maximum absolute atomic E-state index is 8.70. The number of rotatable bonds is 0. The molecule has 0 bridgehead atoms. The second-order valence-electron chi connectivity index (χ2n) is 1.68. The van der Waals surface area contributed by atoms with Crippen molar-refractivity contribution in [3.05, 3.63) is 0 Å². The molecule has 1 saturated heterocycles. The Morgan fingerprint density at radius 1 is 1.86 bits per heavy atom. The summed E-state index contributed by atoms with van der Waals surface area (Å²) in [6.45, 7) is 1.48. The molecule has 1 rings (SSSR count). The van der Waals surface area contributed by atoms with Gasteiger partial charge in [-0.3, -0.25) is 0 Å². The van der Waals surface area contributed by atoms with Crippen LogP contribution in [0.1, 0.15) is 0 Å². The van der Waals surface area contributed by atoms with Crippen LogP contribution < -0.4 is 0 Å². The highest BCUT2D eigenvalue weighted by atomic mass is 16.6. The summed E-state index contributed by atoms with van der Waals surface area (Å²) >= 11 is 0. The molecule has 0 saturated carbocycles. The van der Waals surface area contributed by atoms with Crippen molar-refractivity contribution in [3.63, 3.8) is 0 Å². The van der Waals surface area contributed by atoms with E-state index in [1.54, 1.807) is 4.81 Å². The van der Waals surface area contributed by atoms with E-state index in [-0.39, 0.29) is 0 Å². The molecule has 3 nitrogen and oxygen atoms in total. The van der Waals surface area contributed by atoms with E-state index in [0.29, 0.717) is 6.61 Å². The Morgan fingerprint density at radius 3 is 2.71 bits per heavy atom. The van der Waals surface area contributed by atoms with Crippen LogP contribution in [0.2, 0.25) is 0 Å². The summed E-state index contributed by atoms with van der Waals surface area (Å²) < 4.78 is 4.75. The van der Waals surface area contributed by atoms with E-state index in [0.717, 1.165) is 6.54 Å². The van der Waals surface area contributed by atoms with Crippen LogP contribution in [0.4, 0.5) is 0 Å². The minimum atomic E-state index is -0.653. The Bertz CT molecular complexity index is 62.0. The highest BCUT2D eigenvalue weighted by Crippen LogP contribution is 2.00. The summed E-state index contributed by atoms with van der Waals surface area (Å²) in [5.41, 5.74) is 0. The fraction of sp³-hybridized carbons (Fsp3) is 1.00. The first-order valence-corrected chi connectivity index (χ1v) is 2.30. The lowest BCUT2D eigenvalue weighted by Gasteiger charge is -2.09. The predicted molar refractivity (Wildman–Crippen MR) is 27.2 cm³/mol. The van der Waals surface area contributed by atoms with E-state index in [4.69, 9.17) is 9.84 Å². The monoisotopic (exact) mass is 101 g/mol. The zero-order chi connectivity index (χ0) is 5.28. The molecule has 1 heterocycles. The number of hydrogen-bond donors (Lipinski definition) is 1. The molecule has 0 aromatic rings. The van der Waals surface area contributed by atoms with Gasteiger partial charge in [0.15, 0.2) is 7.98 Å². The number of aliphatic hydroxyl groups excluding tert-OH is 1. The Hall–Kier alpha value is -0.0551. The van der Waals surface area contributed by atoms with Crippen LogP contribution in [0.5, 0.6) is 0 Å². The molecular formula is C3H8BNO2. The van der Waals surface area contributed by atoms with Gasteiger partial charge in [0.25, 0.3) is 0 Å². The number of nitrogens with zero attached hydrogens (tertiary/aromatic N) is 1. The smallest absolute Gasteiger partial charge is 0.205 e. The van der Waals surface area contributed by atoms with Crippen molar-refractivity contribution in [2.24, 2.45) is 0 Å². The van der Waals surface area contributed by atoms with E-state index in [2.05, 4.69) is 0 Å². The summed E-state index contributed by atoms with van der Waals surface area (Å²) in [6, 6.07) is 0. The van der Waals surface area contributed by atoms with Gasteiger partial charge in [-0.25, -0.2) is 0 Å². The zero-order valence-corrected chi connectivity index (χ0v) is 4.29. The van der Waals surface area contributed by atoms with E-state index in [9.17, 15) is 0 Å². The van der Waals surface area contributed by atoms with Crippen LogP contribution in [-0.2, 0) is 4.74 Å². The topological polar surface area (TPSA) is 32.7 Å². The van der Waals surface area contributed by atoms with Crippen LogP contribution in [0.3, 0.4) is 0 Å². The van der Waals surface area contributed by atoms with Gasteiger partial charge in [-0.15, -0.1) is 0 Å².